The van der Waals surface area contributed by atoms with Gasteiger partial charge in [-0.25, -0.2) is 8.78 Å². The zero-order chi connectivity index (χ0) is 23.5. The van der Waals surface area contributed by atoms with Crippen LogP contribution in [0.15, 0.2) is 60.8 Å². The van der Waals surface area contributed by atoms with Crippen molar-refractivity contribution >= 4 is 51.2 Å². The lowest BCUT2D eigenvalue weighted by molar-refractivity contribution is 0.627. The van der Waals surface area contributed by atoms with Crippen LogP contribution in [0.5, 0.6) is 0 Å². The third kappa shape index (κ3) is 4.68. The van der Waals surface area contributed by atoms with Crippen LogP contribution in [0.25, 0.3) is 10.9 Å². The van der Waals surface area contributed by atoms with E-state index >= 15 is 0 Å². The standard InChI is InChI=1S/C25H14Cl2F2N4/c1-2-23(14-3-5-16(28)6-4-14)32-18-9-19-24(33-17-7-8-22(29)20(26)10-17)15(12-30)13-31-25(19)21(27)11-18/h1,3-11,13,23,32H,(H,31,33)/t23-/m1/s1. The first-order chi connectivity index (χ1) is 15.9. The van der Waals surface area contributed by atoms with Crippen molar-refractivity contribution in [3.05, 3.63) is 93.6 Å². The first kappa shape index (κ1) is 22.4. The van der Waals surface area contributed by atoms with Crippen molar-refractivity contribution in [3.63, 3.8) is 0 Å². The highest BCUT2D eigenvalue weighted by molar-refractivity contribution is 6.36. The van der Waals surface area contributed by atoms with Gasteiger partial charge >= 0.3 is 0 Å². The van der Waals surface area contributed by atoms with Gasteiger partial charge in [-0.2, -0.15) is 5.26 Å². The SMILES string of the molecule is C#C[C@@H](Nc1cc(Cl)c2ncc(C#N)c(Nc3ccc(F)c(Cl)c3)c2c1)c1ccc(F)cc1. The van der Waals surface area contributed by atoms with Crippen molar-refractivity contribution in [2.75, 3.05) is 10.6 Å². The number of benzene rings is 3. The zero-order valence-corrected chi connectivity index (χ0v) is 18.3. The highest BCUT2D eigenvalue weighted by Gasteiger charge is 2.16. The quantitative estimate of drug-likeness (QED) is 0.297. The monoisotopic (exact) mass is 478 g/mol. The van der Waals surface area contributed by atoms with E-state index in [1.54, 1.807) is 24.3 Å². The predicted octanol–water partition coefficient (Wildman–Crippen LogP) is 7.22. The minimum Gasteiger partial charge on any atom is -0.368 e. The van der Waals surface area contributed by atoms with E-state index in [0.29, 0.717) is 38.6 Å². The van der Waals surface area contributed by atoms with Gasteiger partial charge in [0.25, 0.3) is 0 Å². The minimum absolute atomic E-state index is 0.0617. The van der Waals surface area contributed by atoms with Gasteiger partial charge in [0.2, 0.25) is 0 Å². The van der Waals surface area contributed by atoms with Crippen molar-refractivity contribution in [3.8, 4) is 18.4 Å². The molecule has 162 valence electrons. The van der Waals surface area contributed by atoms with Gasteiger partial charge in [-0.3, -0.25) is 4.98 Å². The van der Waals surface area contributed by atoms with E-state index in [0.717, 1.165) is 0 Å². The van der Waals surface area contributed by atoms with Crippen LogP contribution in [0.4, 0.5) is 25.8 Å². The largest absolute Gasteiger partial charge is 0.368 e. The molecule has 33 heavy (non-hydrogen) atoms. The van der Waals surface area contributed by atoms with Crippen LogP contribution in [0, 0.1) is 35.3 Å². The van der Waals surface area contributed by atoms with Crippen LogP contribution in [-0.2, 0) is 0 Å². The number of halogens is 4. The van der Waals surface area contributed by atoms with E-state index in [9.17, 15) is 14.0 Å². The van der Waals surface area contributed by atoms with Crippen LogP contribution < -0.4 is 10.6 Å². The molecule has 0 unspecified atom stereocenters. The highest BCUT2D eigenvalue weighted by Crippen LogP contribution is 2.36. The lowest BCUT2D eigenvalue weighted by atomic mass is 10.1. The Morgan fingerprint density at radius 3 is 2.36 bits per heavy atom. The molecule has 0 aliphatic carbocycles. The fourth-order valence-electron chi connectivity index (χ4n) is 3.32. The Bertz CT molecular complexity index is 1440. The van der Waals surface area contributed by atoms with Crippen LogP contribution in [-0.4, -0.2) is 4.98 Å². The molecule has 4 aromatic rings. The summed E-state index contributed by atoms with van der Waals surface area (Å²) in [6.07, 6.45) is 7.10. The molecule has 4 rings (SSSR count). The highest BCUT2D eigenvalue weighted by atomic mass is 35.5. The fourth-order valence-corrected chi connectivity index (χ4v) is 3.77. The molecule has 0 aliphatic rings. The van der Waals surface area contributed by atoms with E-state index in [1.807, 2.05) is 0 Å². The summed E-state index contributed by atoms with van der Waals surface area (Å²) in [5, 5.41) is 16.7. The van der Waals surface area contributed by atoms with Gasteiger partial charge in [0.15, 0.2) is 0 Å². The number of fused-ring (bicyclic) bond motifs is 1. The Hall–Kier alpha value is -3.84. The first-order valence-corrected chi connectivity index (χ1v) is 10.4. The summed E-state index contributed by atoms with van der Waals surface area (Å²) >= 11 is 12.4. The molecule has 8 heteroatoms. The van der Waals surface area contributed by atoms with Gasteiger partial charge in [-0.1, -0.05) is 41.3 Å². The smallest absolute Gasteiger partial charge is 0.141 e. The molecule has 2 N–H and O–H groups in total. The van der Waals surface area contributed by atoms with E-state index in [4.69, 9.17) is 29.6 Å². The molecule has 0 spiro atoms. The number of anilines is 3. The molecule has 0 fully saturated rings. The van der Waals surface area contributed by atoms with Crippen molar-refractivity contribution in [1.82, 2.24) is 4.98 Å². The van der Waals surface area contributed by atoms with E-state index in [2.05, 4.69) is 27.6 Å². The Labute approximate surface area is 198 Å². The second-order valence-corrected chi connectivity index (χ2v) is 7.88. The van der Waals surface area contributed by atoms with E-state index in [1.165, 1.54) is 36.5 Å². The van der Waals surface area contributed by atoms with Crippen molar-refractivity contribution in [1.29, 1.82) is 5.26 Å². The number of hydrogen-bond donors (Lipinski definition) is 2. The molecule has 0 bridgehead atoms. The molecule has 0 saturated heterocycles. The third-order valence-corrected chi connectivity index (χ3v) is 5.49. The topological polar surface area (TPSA) is 60.7 Å². The molecule has 1 aromatic heterocycles. The molecule has 3 aromatic carbocycles. The first-order valence-electron chi connectivity index (χ1n) is 9.62. The Balaban J connectivity index is 1.79. The van der Waals surface area contributed by atoms with Gasteiger partial charge in [-0.15, -0.1) is 6.42 Å². The van der Waals surface area contributed by atoms with Gasteiger partial charge in [0.05, 0.1) is 26.8 Å². The summed E-state index contributed by atoms with van der Waals surface area (Å²) in [7, 11) is 0. The summed E-state index contributed by atoms with van der Waals surface area (Å²) in [5.41, 5.74) is 2.87. The number of rotatable bonds is 5. The van der Waals surface area contributed by atoms with Crippen LogP contribution >= 0.6 is 23.2 Å². The van der Waals surface area contributed by atoms with Crippen molar-refractivity contribution in [2.45, 2.75) is 6.04 Å². The van der Waals surface area contributed by atoms with Crippen LogP contribution in [0.2, 0.25) is 10.0 Å². The molecule has 0 aliphatic heterocycles. The summed E-state index contributed by atoms with van der Waals surface area (Å²) < 4.78 is 26.9. The molecular formula is C25H14Cl2F2N4. The van der Waals surface area contributed by atoms with E-state index < -0.39 is 11.9 Å². The lowest BCUT2D eigenvalue weighted by Gasteiger charge is -2.18. The van der Waals surface area contributed by atoms with Crippen LogP contribution in [0.3, 0.4) is 0 Å². The normalized spacial score (nSPS) is 11.5. The number of hydrogen-bond acceptors (Lipinski definition) is 4. The Morgan fingerprint density at radius 2 is 1.70 bits per heavy atom. The maximum atomic E-state index is 13.6. The average Bonchev–Trinajstić information content (AvgIpc) is 2.81. The number of nitriles is 1. The number of terminal acetylenes is 1. The van der Waals surface area contributed by atoms with Gasteiger partial charge in [0, 0.05) is 23.0 Å². The second kappa shape index (κ2) is 9.34. The molecule has 0 radical (unpaired) electrons. The lowest BCUT2D eigenvalue weighted by Crippen LogP contribution is -2.09. The van der Waals surface area contributed by atoms with Gasteiger partial charge in [-0.05, 0) is 48.0 Å². The molecule has 0 amide bonds. The van der Waals surface area contributed by atoms with Crippen LogP contribution in [0.1, 0.15) is 17.2 Å². The third-order valence-electron chi connectivity index (χ3n) is 4.92. The Kier molecular flexibility index (Phi) is 6.33. The molecule has 0 saturated carbocycles. The van der Waals surface area contributed by atoms with Crippen molar-refractivity contribution in [2.24, 2.45) is 0 Å². The molecule has 1 heterocycles. The molecule has 4 nitrogen and oxygen atoms in total. The maximum Gasteiger partial charge on any atom is 0.141 e. The maximum absolute atomic E-state index is 13.6. The summed E-state index contributed by atoms with van der Waals surface area (Å²) in [4.78, 5) is 4.30. The van der Waals surface area contributed by atoms with Gasteiger partial charge < -0.3 is 10.6 Å². The average molecular weight is 479 g/mol. The number of nitrogens with one attached hydrogen (secondary N) is 2. The second-order valence-electron chi connectivity index (χ2n) is 7.06. The summed E-state index contributed by atoms with van der Waals surface area (Å²) in [6.45, 7) is 0. The zero-order valence-electron chi connectivity index (χ0n) is 16.8. The summed E-state index contributed by atoms with van der Waals surface area (Å²) in [6, 6.07) is 14.9. The van der Waals surface area contributed by atoms with Crippen molar-refractivity contribution < 1.29 is 8.78 Å². The molecular weight excluding hydrogens is 465 g/mol. The Morgan fingerprint density at radius 1 is 0.970 bits per heavy atom. The number of aromatic nitrogens is 1. The fraction of sp³-hybridized carbons (Fsp3) is 0.0400. The minimum atomic E-state index is -0.557. The summed E-state index contributed by atoms with van der Waals surface area (Å²) in [5.74, 6) is 1.71. The number of pyridine rings is 1. The van der Waals surface area contributed by atoms with E-state index in [-0.39, 0.29) is 16.4 Å². The predicted molar refractivity (Wildman–Crippen MR) is 128 cm³/mol. The number of nitrogens with zero attached hydrogens (tertiary/aromatic N) is 2. The molecule has 1 atom stereocenters. The van der Waals surface area contributed by atoms with Gasteiger partial charge in [0.1, 0.15) is 23.7 Å².